The Morgan fingerprint density at radius 3 is 2.13 bits per heavy atom. The van der Waals surface area contributed by atoms with Gasteiger partial charge < -0.3 is 4.74 Å². The van der Waals surface area contributed by atoms with Gasteiger partial charge in [-0.05, 0) is 29.4 Å². The van der Waals surface area contributed by atoms with Crippen LogP contribution >= 0.6 is 0 Å². The Hall–Kier alpha value is -0.820. The van der Waals surface area contributed by atoms with Crippen molar-refractivity contribution in [2.45, 2.75) is 39.7 Å². The molecule has 0 bridgehead atoms. The summed E-state index contributed by atoms with van der Waals surface area (Å²) >= 11 is 0. The fraction of sp³-hybridized carbons (Fsp3) is 0.571. The lowest BCUT2D eigenvalue weighted by molar-refractivity contribution is 0.0146. The van der Waals surface area contributed by atoms with E-state index in [1.54, 1.807) is 0 Å². The maximum absolute atomic E-state index is 5.95. The SMILES string of the molecule is CC(C)(C)COC1Cc2ccccc2C1. The maximum Gasteiger partial charge on any atom is 0.0656 e. The molecule has 0 heterocycles. The van der Waals surface area contributed by atoms with E-state index >= 15 is 0 Å². The molecule has 1 nitrogen and oxygen atoms in total. The molecule has 1 aliphatic carbocycles. The number of hydrogen-bond donors (Lipinski definition) is 0. The minimum atomic E-state index is 0.273. The van der Waals surface area contributed by atoms with E-state index in [4.69, 9.17) is 4.74 Å². The number of benzene rings is 1. The monoisotopic (exact) mass is 204 g/mol. The van der Waals surface area contributed by atoms with Crippen LogP contribution in [0.3, 0.4) is 0 Å². The van der Waals surface area contributed by atoms with Crippen LogP contribution in [0.2, 0.25) is 0 Å². The van der Waals surface area contributed by atoms with E-state index < -0.39 is 0 Å². The van der Waals surface area contributed by atoms with Gasteiger partial charge in [-0.25, -0.2) is 0 Å². The van der Waals surface area contributed by atoms with Crippen molar-refractivity contribution < 1.29 is 4.74 Å². The van der Waals surface area contributed by atoms with E-state index in [0.717, 1.165) is 19.4 Å². The Morgan fingerprint density at radius 2 is 1.67 bits per heavy atom. The Kier molecular flexibility index (Phi) is 2.83. The molecule has 0 amide bonds. The quantitative estimate of drug-likeness (QED) is 0.718. The fourth-order valence-electron chi connectivity index (χ4n) is 2.00. The second kappa shape index (κ2) is 3.97. The zero-order chi connectivity index (χ0) is 10.9. The average Bonchev–Trinajstić information content (AvgIpc) is 2.56. The van der Waals surface area contributed by atoms with E-state index in [-0.39, 0.29) is 5.41 Å². The zero-order valence-electron chi connectivity index (χ0n) is 9.92. The third-order valence-corrected chi connectivity index (χ3v) is 2.77. The molecule has 0 aliphatic heterocycles. The first kappa shape index (κ1) is 10.7. The molecule has 0 unspecified atom stereocenters. The van der Waals surface area contributed by atoms with Gasteiger partial charge >= 0.3 is 0 Å². The summed E-state index contributed by atoms with van der Waals surface area (Å²) in [6.45, 7) is 7.50. The van der Waals surface area contributed by atoms with Crippen molar-refractivity contribution in [2.75, 3.05) is 6.61 Å². The summed E-state index contributed by atoms with van der Waals surface area (Å²) in [5.41, 5.74) is 3.21. The Balaban J connectivity index is 1.91. The molecule has 0 spiro atoms. The smallest absolute Gasteiger partial charge is 0.0656 e. The van der Waals surface area contributed by atoms with Crippen molar-refractivity contribution in [1.29, 1.82) is 0 Å². The molecule has 0 radical (unpaired) electrons. The lowest BCUT2D eigenvalue weighted by Crippen LogP contribution is -2.21. The van der Waals surface area contributed by atoms with Gasteiger partial charge in [-0.3, -0.25) is 0 Å². The predicted octanol–water partition coefficient (Wildman–Crippen LogP) is 3.22. The summed E-state index contributed by atoms with van der Waals surface area (Å²) in [7, 11) is 0. The molecule has 0 saturated carbocycles. The summed E-state index contributed by atoms with van der Waals surface area (Å²) in [5.74, 6) is 0. The highest BCUT2D eigenvalue weighted by Crippen LogP contribution is 2.25. The molecule has 0 fully saturated rings. The number of rotatable bonds is 2. The van der Waals surface area contributed by atoms with Crippen molar-refractivity contribution in [3.8, 4) is 0 Å². The van der Waals surface area contributed by atoms with E-state index in [2.05, 4.69) is 45.0 Å². The van der Waals surface area contributed by atoms with Crippen LogP contribution in [0, 0.1) is 5.41 Å². The van der Waals surface area contributed by atoms with Crippen LogP contribution in [0.5, 0.6) is 0 Å². The van der Waals surface area contributed by atoms with Crippen LogP contribution in [0.25, 0.3) is 0 Å². The van der Waals surface area contributed by atoms with Gasteiger partial charge in [0, 0.05) is 0 Å². The second-order valence-electron chi connectivity index (χ2n) is 5.67. The Labute approximate surface area is 92.5 Å². The highest BCUT2D eigenvalue weighted by atomic mass is 16.5. The summed E-state index contributed by atoms with van der Waals surface area (Å²) in [6, 6.07) is 8.67. The van der Waals surface area contributed by atoms with E-state index in [0.29, 0.717) is 6.10 Å². The Bertz CT molecular complexity index is 310. The molecular formula is C14H20O. The van der Waals surface area contributed by atoms with Crippen LogP contribution in [0.4, 0.5) is 0 Å². The fourth-order valence-corrected chi connectivity index (χ4v) is 2.00. The molecular weight excluding hydrogens is 184 g/mol. The van der Waals surface area contributed by atoms with Crippen LogP contribution in [0.15, 0.2) is 24.3 Å². The first-order valence-electron chi connectivity index (χ1n) is 5.73. The predicted molar refractivity (Wildman–Crippen MR) is 63.0 cm³/mol. The number of ether oxygens (including phenoxy) is 1. The first-order valence-corrected chi connectivity index (χ1v) is 5.73. The van der Waals surface area contributed by atoms with Crippen LogP contribution in [-0.2, 0) is 17.6 Å². The lowest BCUT2D eigenvalue weighted by Gasteiger charge is -2.21. The van der Waals surface area contributed by atoms with Gasteiger partial charge in [0.15, 0.2) is 0 Å². The highest BCUT2D eigenvalue weighted by Gasteiger charge is 2.23. The minimum absolute atomic E-state index is 0.273. The maximum atomic E-state index is 5.95. The molecule has 2 rings (SSSR count). The molecule has 0 atom stereocenters. The van der Waals surface area contributed by atoms with Crippen molar-refractivity contribution in [3.05, 3.63) is 35.4 Å². The van der Waals surface area contributed by atoms with E-state index in [1.807, 2.05) is 0 Å². The van der Waals surface area contributed by atoms with Gasteiger partial charge in [-0.15, -0.1) is 0 Å². The number of fused-ring (bicyclic) bond motifs is 1. The molecule has 82 valence electrons. The van der Waals surface area contributed by atoms with Gasteiger partial charge in [-0.2, -0.15) is 0 Å². The van der Waals surface area contributed by atoms with Crippen molar-refractivity contribution in [1.82, 2.24) is 0 Å². The Morgan fingerprint density at radius 1 is 1.13 bits per heavy atom. The van der Waals surface area contributed by atoms with Gasteiger partial charge in [0.2, 0.25) is 0 Å². The van der Waals surface area contributed by atoms with Gasteiger partial charge in [0.25, 0.3) is 0 Å². The molecule has 15 heavy (non-hydrogen) atoms. The molecule has 0 saturated heterocycles. The zero-order valence-corrected chi connectivity index (χ0v) is 9.92. The molecule has 1 aromatic rings. The summed E-state index contributed by atoms with van der Waals surface area (Å²) in [6.07, 6.45) is 2.58. The van der Waals surface area contributed by atoms with Crippen LogP contribution < -0.4 is 0 Å². The first-order chi connectivity index (χ1) is 7.04. The van der Waals surface area contributed by atoms with Crippen molar-refractivity contribution >= 4 is 0 Å². The van der Waals surface area contributed by atoms with Gasteiger partial charge in [-0.1, -0.05) is 45.0 Å². The molecule has 0 N–H and O–H groups in total. The van der Waals surface area contributed by atoms with Gasteiger partial charge in [0.1, 0.15) is 0 Å². The second-order valence-corrected chi connectivity index (χ2v) is 5.67. The largest absolute Gasteiger partial charge is 0.377 e. The topological polar surface area (TPSA) is 9.23 Å². The lowest BCUT2D eigenvalue weighted by atomic mass is 9.98. The highest BCUT2D eigenvalue weighted by molar-refractivity contribution is 5.32. The molecule has 1 aromatic carbocycles. The number of hydrogen-bond acceptors (Lipinski definition) is 1. The minimum Gasteiger partial charge on any atom is -0.377 e. The third kappa shape index (κ3) is 2.82. The summed E-state index contributed by atoms with van der Waals surface area (Å²) in [5, 5.41) is 0. The van der Waals surface area contributed by atoms with Crippen LogP contribution in [0.1, 0.15) is 31.9 Å². The van der Waals surface area contributed by atoms with Crippen molar-refractivity contribution in [3.63, 3.8) is 0 Å². The van der Waals surface area contributed by atoms with Crippen LogP contribution in [-0.4, -0.2) is 12.7 Å². The normalized spacial score (nSPS) is 16.7. The molecule has 1 aliphatic rings. The van der Waals surface area contributed by atoms with Gasteiger partial charge in [0.05, 0.1) is 12.7 Å². The van der Waals surface area contributed by atoms with E-state index in [9.17, 15) is 0 Å². The summed E-state index contributed by atoms with van der Waals surface area (Å²) < 4.78 is 5.95. The molecule has 0 aromatic heterocycles. The standard InChI is InChI=1S/C14H20O/c1-14(2,3)10-15-13-8-11-6-4-5-7-12(11)9-13/h4-7,13H,8-10H2,1-3H3. The summed E-state index contributed by atoms with van der Waals surface area (Å²) in [4.78, 5) is 0. The van der Waals surface area contributed by atoms with E-state index in [1.165, 1.54) is 11.1 Å². The molecule has 1 heteroatoms. The average molecular weight is 204 g/mol. The third-order valence-electron chi connectivity index (χ3n) is 2.77. The van der Waals surface area contributed by atoms with Crippen molar-refractivity contribution in [2.24, 2.45) is 5.41 Å².